The summed E-state index contributed by atoms with van der Waals surface area (Å²) in [7, 11) is -3.67. The van der Waals surface area contributed by atoms with Crippen LogP contribution in [0, 0.1) is 0 Å². The van der Waals surface area contributed by atoms with Crippen molar-refractivity contribution < 1.29 is 8.42 Å². The van der Waals surface area contributed by atoms with Gasteiger partial charge < -0.3 is 5.73 Å². The van der Waals surface area contributed by atoms with Crippen molar-refractivity contribution >= 4 is 37.6 Å². The van der Waals surface area contributed by atoms with Gasteiger partial charge in [0.2, 0.25) is 10.0 Å². The molecule has 0 aliphatic heterocycles. The third kappa shape index (κ3) is 4.05. The van der Waals surface area contributed by atoms with Crippen molar-refractivity contribution in [2.24, 2.45) is 5.73 Å². The Morgan fingerprint density at radius 1 is 1.14 bits per heavy atom. The van der Waals surface area contributed by atoms with E-state index in [9.17, 15) is 8.42 Å². The van der Waals surface area contributed by atoms with Crippen LogP contribution in [0.15, 0.2) is 51.8 Å². The predicted molar refractivity (Wildman–Crippen MR) is 87.5 cm³/mol. The lowest BCUT2D eigenvalue weighted by Gasteiger charge is -2.11. The maximum atomic E-state index is 12.3. The van der Waals surface area contributed by atoms with E-state index in [1.54, 1.807) is 12.1 Å². The molecular formula is C14H14BrClN2O2S. The predicted octanol–water partition coefficient (Wildman–Crippen LogP) is 3.04. The molecule has 0 unspecified atom stereocenters. The van der Waals surface area contributed by atoms with Gasteiger partial charge in [-0.1, -0.05) is 51.8 Å². The zero-order valence-corrected chi connectivity index (χ0v) is 14.2. The van der Waals surface area contributed by atoms with Crippen LogP contribution in [0.2, 0.25) is 5.02 Å². The third-order valence-electron chi connectivity index (χ3n) is 2.97. The Bertz CT molecular complexity index is 750. The van der Waals surface area contributed by atoms with Gasteiger partial charge >= 0.3 is 0 Å². The van der Waals surface area contributed by atoms with E-state index < -0.39 is 10.0 Å². The Kier molecular flexibility index (Phi) is 5.40. The van der Waals surface area contributed by atoms with Gasteiger partial charge in [-0.3, -0.25) is 0 Å². The largest absolute Gasteiger partial charge is 0.326 e. The van der Waals surface area contributed by atoms with Gasteiger partial charge in [-0.15, -0.1) is 0 Å². The molecule has 0 atom stereocenters. The lowest BCUT2D eigenvalue weighted by Crippen LogP contribution is -2.24. The minimum absolute atomic E-state index is 0.0533. The molecule has 0 saturated heterocycles. The fourth-order valence-electron chi connectivity index (χ4n) is 1.87. The van der Waals surface area contributed by atoms with E-state index in [-0.39, 0.29) is 16.5 Å². The molecule has 21 heavy (non-hydrogen) atoms. The maximum Gasteiger partial charge on any atom is 0.242 e. The molecule has 7 heteroatoms. The first kappa shape index (κ1) is 16.5. The fraction of sp³-hybridized carbons (Fsp3) is 0.143. The van der Waals surface area contributed by atoms with Crippen molar-refractivity contribution in [1.82, 2.24) is 4.72 Å². The van der Waals surface area contributed by atoms with Gasteiger partial charge in [0, 0.05) is 17.6 Å². The Morgan fingerprint density at radius 3 is 2.43 bits per heavy atom. The second-order valence-electron chi connectivity index (χ2n) is 4.37. The summed E-state index contributed by atoms with van der Waals surface area (Å²) in [5.41, 5.74) is 7.39. The number of benzene rings is 2. The molecule has 0 aromatic heterocycles. The summed E-state index contributed by atoms with van der Waals surface area (Å²) in [5.74, 6) is 0. The number of nitrogens with two attached hydrogens (primary N) is 1. The molecule has 0 heterocycles. The van der Waals surface area contributed by atoms with Crippen LogP contribution in [0.4, 0.5) is 0 Å². The molecule has 2 aromatic rings. The molecule has 0 aliphatic rings. The Hall–Kier alpha value is -0.920. The highest BCUT2D eigenvalue weighted by molar-refractivity contribution is 9.10. The zero-order chi connectivity index (χ0) is 15.5. The van der Waals surface area contributed by atoms with Crippen molar-refractivity contribution in [2.75, 3.05) is 0 Å². The number of hydrogen-bond acceptors (Lipinski definition) is 3. The molecule has 0 amide bonds. The molecule has 0 radical (unpaired) electrons. The smallest absolute Gasteiger partial charge is 0.242 e. The lowest BCUT2D eigenvalue weighted by molar-refractivity contribution is 0.581. The van der Waals surface area contributed by atoms with Crippen LogP contribution in [0.25, 0.3) is 0 Å². The molecule has 112 valence electrons. The van der Waals surface area contributed by atoms with Gasteiger partial charge in [-0.25, -0.2) is 13.1 Å². The standard InChI is InChI=1S/C14H14BrClN2O2S/c15-12-5-6-14(13(16)7-12)21(19,20)18-9-11-4-2-1-3-10(11)8-17/h1-7,18H,8-9,17H2. The van der Waals surface area contributed by atoms with E-state index >= 15 is 0 Å². The highest BCUT2D eigenvalue weighted by atomic mass is 79.9. The van der Waals surface area contributed by atoms with Gasteiger partial charge in [-0.2, -0.15) is 0 Å². The highest BCUT2D eigenvalue weighted by Crippen LogP contribution is 2.25. The van der Waals surface area contributed by atoms with Crippen LogP contribution in [0.1, 0.15) is 11.1 Å². The van der Waals surface area contributed by atoms with Gasteiger partial charge in [0.15, 0.2) is 0 Å². The second-order valence-corrected chi connectivity index (χ2v) is 7.43. The molecule has 4 nitrogen and oxygen atoms in total. The summed E-state index contributed by atoms with van der Waals surface area (Å²) in [5, 5.41) is 0.170. The molecule has 0 bridgehead atoms. The van der Waals surface area contributed by atoms with Gasteiger partial charge in [0.05, 0.1) is 5.02 Å². The Balaban J connectivity index is 2.22. The van der Waals surface area contributed by atoms with Crippen molar-refractivity contribution in [3.8, 4) is 0 Å². The number of sulfonamides is 1. The average Bonchev–Trinajstić information content (AvgIpc) is 2.45. The minimum Gasteiger partial charge on any atom is -0.326 e. The number of nitrogens with one attached hydrogen (secondary N) is 1. The van der Waals surface area contributed by atoms with Crippen LogP contribution in [-0.4, -0.2) is 8.42 Å². The summed E-state index contributed by atoms with van der Waals surface area (Å²) in [4.78, 5) is 0.0533. The van der Waals surface area contributed by atoms with Crippen molar-refractivity contribution in [1.29, 1.82) is 0 Å². The molecule has 0 spiro atoms. The summed E-state index contributed by atoms with van der Waals surface area (Å²) in [6, 6.07) is 12.1. The topological polar surface area (TPSA) is 72.2 Å². The fourth-order valence-corrected chi connectivity index (χ4v) is 3.91. The van der Waals surface area contributed by atoms with E-state index in [1.807, 2.05) is 24.3 Å². The van der Waals surface area contributed by atoms with Crippen molar-refractivity contribution in [2.45, 2.75) is 18.0 Å². The summed E-state index contributed by atoms with van der Waals surface area (Å²) < 4.78 is 27.9. The van der Waals surface area contributed by atoms with Crippen molar-refractivity contribution in [3.63, 3.8) is 0 Å². The SMILES string of the molecule is NCc1ccccc1CNS(=O)(=O)c1ccc(Br)cc1Cl. The molecule has 0 saturated carbocycles. The molecular weight excluding hydrogens is 376 g/mol. The number of rotatable bonds is 5. The summed E-state index contributed by atoms with van der Waals surface area (Å²) in [6.07, 6.45) is 0. The number of halogens is 2. The zero-order valence-electron chi connectivity index (χ0n) is 11.0. The van der Waals surface area contributed by atoms with Crippen LogP contribution >= 0.6 is 27.5 Å². The van der Waals surface area contributed by atoms with E-state index in [4.69, 9.17) is 17.3 Å². The molecule has 3 N–H and O–H groups in total. The second kappa shape index (κ2) is 6.89. The first-order valence-electron chi connectivity index (χ1n) is 6.15. The van der Waals surface area contributed by atoms with E-state index in [0.29, 0.717) is 6.54 Å². The minimum atomic E-state index is -3.67. The number of hydrogen-bond donors (Lipinski definition) is 2. The van der Waals surface area contributed by atoms with Crippen LogP contribution in [-0.2, 0) is 23.1 Å². The molecule has 2 aromatic carbocycles. The first-order chi connectivity index (χ1) is 9.94. The van der Waals surface area contributed by atoms with Gasteiger partial charge in [0.1, 0.15) is 4.90 Å². The maximum absolute atomic E-state index is 12.3. The summed E-state index contributed by atoms with van der Waals surface area (Å²) >= 11 is 9.23. The quantitative estimate of drug-likeness (QED) is 0.825. The van der Waals surface area contributed by atoms with Crippen LogP contribution < -0.4 is 10.5 Å². The van der Waals surface area contributed by atoms with Crippen LogP contribution in [0.5, 0.6) is 0 Å². The summed E-state index contributed by atoms with van der Waals surface area (Å²) in [6.45, 7) is 0.527. The van der Waals surface area contributed by atoms with Crippen molar-refractivity contribution in [3.05, 3.63) is 63.1 Å². The van der Waals surface area contributed by atoms with E-state index in [1.165, 1.54) is 6.07 Å². The molecule has 0 fully saturated rings. The normalized spacial score (nSPS) is 11.6. The molecule has 0 aliphatic carbocycles. The Morgan fingerprint density at radius 2 is 1.81 bits per heavy atom. The van der Waals surface area contributed by atoms with Gasteiger partial charge in [-0.05, 0) is 29.3 Å². The highest BCUT2D eigenvalue weighted by Gasteiger charge is 2.18. The molecule has 2 rings (SSSR count). The van der Waals surface area contributed by atoms with Crippen LogP contribution in [0.3, 0.4) is 0 Å². The van der Waals surface area contributed by atoms with E-state index in [0.717, 1.165) is 15.6 Å². The first-order valence-corrected chi connectivity index (χ1v) is 8.81. The van der Waals surface area contributed by atoms with Gasteiger partial charge in [0.25, 0.3) is 0 Å². The third-order valence-corrected chi connectivity index (χ3v) is 5.35. The Labute approximate surface area is 137 Å². The lowest BCUT2D eigenvalue weighted by atomic mass is 10.1. The van der Waals surface area contributed by atoms with E-state index in [2.05, 4.69) is 20.7 Å². The monoisotopic (exact) mass is 388 g/mol. The average molecular weight is 390 g/mol.